The molecule has 2 aromatic rings. The number of ether oxygens (including phenoxy) is 2. The molecule has 5 nitrogen and oxygen atoms in total. The monoisotopic (exact) mass is 272 g/mol. The molecule has 2 N–H and O–H groups in total. The molecule has 0 aliphatic heterocycles. The fourth-order valence-corrected chi connectivity index (χ4v) is 1.73. The van der Waals surface area contributed by atoms with E-state index >= 15 is 0 Å². The zero-order valence-electron chi connectivity index (χ0n) is 11.2. The first kappa shape index (κ1) is 13.9. The van der Waals surface area contributed by atoms with Gasteiger partial charge in [-0.25, -0.2) is 4.79 Å². The summed E-state index contributed by atoms with van der Waals surface area (Å²) in [4.78, 5) is 16.0. The summed E-state index contributed by atoms with van der Waals surface area (Å²) in [5, 5.41) is 0. The summed E-state index contributed by atoms with van der Waals surface area (Å²) < 4.78 is 10.6. The maximum atomic E-state index is 12.1. The average Bonchev–Trinajstić information content (AvgIpc) is 2.48. The Morgan fingerprint density at radius 1 is 1.30 bits per heavy atom. The molecule has 0 bridgehead atoms. The van der Waals surface area contributed by atoms with Crippen molar-refractivity contribution in [3.05, 3.63) is 53.9 Å². The Morgan fingerprint density at radius 2 is 2.15 bits per heavy atom. The maximum Gasteiger partial charge on any atom is 0.342 e. The third kappa shape index (κ3) is 3.26. The number of carbonyl (C=O) groups excluding carboxylic acids is 1. The number of anilines is 1. The van der Waals surface area contributed by atoms with Crippen molar-refractivity contribution in [1.29, 1.82) is 0 Å². The smallest absolute Gasteiger partial charge is 0.342 e. The van der Waals surface area contributed by atoms with Crippen LogP contribution in [-0.4, -0.2) is 17.6 Å². The van der Waals surface area contributed by atoms with Gasteiger partial charge in [-0.1, -0.05) is 12.1 Å². The van der Waals surface area contributed by atoms with Crippen LogP contribution in [0.15, 0.2) is 42.7 Å². The number of nitrogen functional groups attached to an aromatic ring is 1. The van der Waals surface area contributed by atoms with E-state index in [2.05, 4.69) is 4.98 Å². The molecule has 1 heterocycles. The highest BCUT2D eigenvalue weighted by molar-refractivity contribution is 5.94. The van der Waals surface area contributed by atoms with Gasteiger partial charge in [-0.2, -0.15) is 0 Å². The highest BCUT2D eigenvalue weighted by Gasteiger charge is 2.16. The summed E-state index contributed by atoms with van der Waals surface area (Å²) >= 11 is 0. The van der Waals surface area contributed by atoms with Crippen molar-refractivity contribution >= 4 is 11.7 Å². The molecule has 104 valence electrons. The van der Waals surface area contributed by atoms with Crippen molar-refractivity contribution in [2.24, 2.45) is 0 Å². The predicted molar refractivity (Wildman–Crippen MR) is 75.4 cm³/mol. The van der Waals surface area contributed by atoms with Crippen molar-refractivity contribution in [2.45, 2.75) is 13.5 Å². The zero-order valence-corrected chi connectivity index (χ0v) is 11.2. The molecular weight excluding hydrogens is 256 g/mol. The lowest BCUT2D eigenvalue weighted by atomic mass is 10.1. The standard InChI is InChI=1S/C15H16N2O3/c1-2-19-14-12(6-3-7-13(14)16)15(18)20-10-11-5-4-8-17-9-11/h3-9H,2,10,16H2,1H3. The van der Waals surface area contributed by atoms with Crippen LogP contribution in [0, 0.1) is 0 Å². The molecule has 0 unspecified atom stereocenters. The van der Waals surface area contributed by atoms with Crippen LogP contribution in [0.2, 0.25) is 0 Å². The lowest BCUT2D eigenvalue weighted by Crippen LogP contribution is -2.09. The highest BCUT2D eigenvalue weighted by atomic mass is 16.5. The summed E-state index contributed by atoms with van der Waals surface area (Å²) in [5.74, 6) is -0.101. The number of aromatic nitrogens is 1. The molecule has 2 rings (SSSR count). The minimum Gasteiger partial charge on any atom is -0.491 e. The number of hydrogen-bond donors (Lipinski definition) is 1. The molecule has 0 amide bonds. The molecular formula is C15H16N2O3. The zero-order chi connectivity index (χ0) is 14.4. The van der Waals surface area contributed by atoms with Crippen LogP contribution in [0.4, 0.5) is 5.69 Å². The minimum absolute atomic E-state index is 0.160. The van der Waals surface area contributed by atoms with Gasteiger partial charge in [-0.05, 0) is 25.1 Å². The number of nitrogens with zero attached hydrogens (tertiary/aromatic N) is 1. The van der Waals surface area contributed by atoms with Gasteiger partial charge in [0.25, 0.3) is 0 Å². The fraction of sp³-hybridized carbons (Fsp3) is 0.200. The van der Waals surface area contributed by atoms with E-state index in [0.29, 0.717) is 23.6 Å². The first-order valence-corrected chi connectivity index (χ1v) is 6.29. The van der Waals surface area contributed by atoms with Crippen molar-refractivity contribution in [2.75, 3.05) is 12.3 Å². The highest BCUT2D eigenvalue weighted by Crippen LogP contribution is 2.27. The Kier molecular flexibility index (Phi) is 4.55. The molecule has 1 aromatic heterocycles. The molecule has 0 aliphatic carbocycles. The van der Waals surface area contributed by atoms with Gasteiger partial charge >= 0.3 is 5.97 Å². The molecule has 0 aliphatic rings. The summed E-state index contributed by atoms with van der Waals surface area (Å²) in [7, 11) is 0. The van der Waals surface area contributed by atoms with E-state index in [9.17, 15) is 4.79 Å². The molecule has 0 saturated heterocycles. The molecule has 0 radical (unpaired) electrons. The Hall–Kier alpha value is -2.56. The van der Waals surface area contributed by atoms with E-state index in [4.69, 9.17) is 15.2 Å². The van der Waals surface area contributed by atoms with Gasteiger partial charge in [0.05, 0.1) is 12.3 Å². The number of para-hydroxylation sites is 1. The number of benzene rings is 1. The number of carbonyl (C=O) groups is 1. The molecule has 0 saturated carbocycles. The summed E-state index contributed by atoms with van der Waals surface area (Å²) in [6.07, 6.45) is 3.31. The van der Waals surface area contributed by atoms with Crippen LogP contribution < -0.4 is 10.5 Å². The van der Waals surface area contributed by atoms with Crippen LogP contribution in [0.3, 0.4) is 0 Å². The Balaban J connectivity index is 2.11. The van der Waals surface area contributed by atoms with Crippen molar-refractivity contribution < 1.29 is 14.3 Å². The van der Waals surface area contributed by atoms with Crippen LogP contribution in [0.25, 0.3) is 0 Å². The summed E-state index contributed by atoms with van der Waals surface area (Å²) in [6, 6.07) is 8.63. The van der Waals surface area contributed by atoms with E-state index in [1.54, 1.807) is 36.7 Å². The number of pyridine rings is 1. The lowest BCUT2D eigenvalue weighted by molar-refractivity contribution is 0.0468. The second-order valence-electron chi connectivity index (χ2n) is 4.09. The van der Waals surface area contributed by atoms with Gasteiger partial charge < -0.3 is 15.2 Å². The molecule has 1 aromatic carbocycles. The van der Waals surface area contributed by atoms with E-state index in [0.717, 1.165) is 5.56 Å². The topological polar surface area (TPSA) is 74.4 Å². The lowest BCUT2D eigenvalue weighted by Gasteiger charge is -2.12. The Labute approximate surface area is 117 Å². The number of hydrogen-bond acceptors (Lipinski definition) is 5. The molecule has 5 heteroatoms. The van der Waals surface area contributed by atoms with Gasteiger partial charge in [0.15, 0.2) is 5.75 Å². The number of nitrogens with two attached hydrogens (primary N) is 1. The van der Waals surface area contributed by atoms with Crippen LogP contribution >= 0.6 is 0 Å². The van der Waals surface area contributed by atoms with Gasteiger partial charge in [-0.15, -0.1) is 0 Å². The van der Waals surface area contributed by atoms with Crippen molar-refractivity contribution in [1.82, 2.24) is 4.98 Å². The van der Waals surface area contributed by atoms with E-state index in [1.165, 1.54) is 0 Å². The first-order valence-electron chi connectivity index (χ1n) is 6.29. The Morgan fingerprint density at radius 3 is 2.85 bits per heavy atom. The molecule has 0 spiro atoms. The van der Waals surface area contributed by atoms with E-state index in [-0.39, 0.29) is 6.61 Å². The van der Waals surface area contributed by atoms with Gasteiger partial charge in [0.2, 0.25) is 0 Å². The van der Waals surface area contributed by atoms with Gasteiger partial charge in [0, 0.05) is 18.0 Å². The first-order chi connectivity index (χ1) is 9.72. The summed E-state index contributed by atoms with van der Waals surface area (Å²) in [6.45, 7) is 2.42. The Bertz CT molecular complexity index is 585. The quantitative estimate of drug-likeness (QED) is 0.668. The SMILES string of the molecule is CCOc1c(N)cccc1C(=O)OCc1cccnc1. The fourth-order valence-electron chi connectivity index (χ4n) is 1.73. The average molecular weight is 272 g/mol. The van der Waals surface area contributed by atoms with Crippen molar-refractivity contribution in [3.63, 3.8) is 0 Å². The second-order valence-corrected chi connectivity index (χ2v) is 4.09. The van der Waals surface area contributed by atoms with Gasteiger partial charge in [-0.3, -0.25) is 4.98 Å². The van der Waals surface area contributed by atoms with Crippen LogP contribution in [0.5, 0.6) is 5.75 Å². The minimum atomic E-state index is -0.468. The van der Waals surface area contributed by atoms with Crippen molar-refractivity contribution in [3.8, 4) is 5.75 Å². The summed E-state index contributed by atoms with van der Waals surface area (Å²) in [5.41, 5.74) is 7.38. The third-order valence-electron chi connectivity index (χ3n) is 2.65. The normalized spacial score (nSPS) is 10.1. The molecule has 20 heavy (non-hydrogen) atoms. The van der Waals surface area contributed by atoms with E-state index < -0.39 is 5.97 Å². The molecule has 0 atom stereocenters. The second kappa shape index (κ2) is 6.56. The number of esters is 1. The van der Waals surface area contributed by atoms with Crippen LogP contribution in [-0.2, 0) is 11.3 Å². The predicted octanol–water partition coefficient (Wildman–Crippen LogP) is 2.42. The maximum absolute atomic E-state index is 12.1. The van der Waals surface area contributed by atoms with E-state index in [1.807, 2.05) is 13.0 Å². The third-order valence-corrected chi connectivity index (χ3v) is 2.65. The number of rotatable bonds is 5. The van der Waals surface area contributed by atoms with Crippen LogP contribution in [0.1, 0.15) is 22.8 Å². The molecule has 0 fully saturated rings. The largest absolute Gasteiger partial charge is 0.491 e. The van der Waals surface area contributed by atoms with Gasteiger partial charge in [0.1, 0.15) is 12.2 Å².